The molecule has 0 N–H and O–H groups in total. The summed E-state index contributed by atoms with van der Waals surface area (Å²) in [6.45, 7) is 1.90. The van der Waals surface area contributed by atoms with E-state index < -0.39 is 31.7 Å². The number of pyridine rings is 1. The average Bonchev–Trinajstić information content (AvgIpc) is 2.74. The Morgan fingerprint density at radius 1 is 1.00 bits per heavy atom. The van der Waals surface area contributed by atoms with E-state index in [0.717, 1.165) is 28.6 Å². The summed E-state index contributed by atoms with van der Waals surface area (Å²) in [6.07, 6.45) is -2.99. The Kier molecular flexibility index (Phi) is 5.95. The van der Waals surface area contributed by atoms with Gasteiger partial charge in [-0.25, -0.2) is 8.42 Å². The number of alkyl halides is 3. The minimum Gasteiger partial charge on any atom is -0.296 e. The lowest BCUT2D eigenvalue weighted by atomic mass is 10.1. The van der Waals surface area contributed by atoms with Gasteiger partial charge in [-0.3, -0.25) is 9.88 Å². The van der Waals surface area contributed by atoms with Gasteiger partial charge in [0.15, 0.2) is 0 Å². The second-order valence-electron chi connectivity index (χ2n) is 7.31. The van der Waals surface area contributed by atoms with Gasteiger partial charge < -0.3 is 0 Å². The fraction of sp³-hybridized carbons (Fsp3) is 0.286. The first-order valence-electron chi connectivity index (χ1n) is 9.58. The third-order valence-corrected chi connectivity index (χ3v) is 7.55. The minimum absolute atomic E-state index is 0.185. The smallest absolute Gasteiger partial charge is 0.296 e. The van der Waals surface area contributed by atoms with Crippen LogP contribution in [0.2, 0.25) is 5.02 Å². The van der Waals surface area contributed by atoms with Crippen LogP contribution in [0.5, 0.6) is 0 Å². The largest absolute Gasteiger partial charge is 0.417 e. The molecule has 0 bridgehead atoms. The maximum atomic E-state index is 13.1. The van der Waals surface area contributed by atoms with Gasteiger partial charge in [-0.05, 0) is 29.8 Å². The number of para-hydroxylation sites is 1. The summed E-state index contributed by atoms with van der Waals surface area (Å²) in [5.74, 6) is 0. The Bertz CT molecular complexity index is 1200. The molecule has 31 heavy (non-hydrogen) atoms. The fourth-order valence-electron chi connectivity index (χ4n) is 3.70. The zero-order valence-electron chi connectivity index (χ0n) is 16.3. The number of piperazine rings is 1. The van der Waals surface area contributed by atoms with Crippen molar-refractivity contribution < 1.29 is 21.6 Å². The molecule has 0 radical (unpaired) electrons. The quantitative estimate of drug-likeness (QED) is 0.568. The van der Waals surface area contributed by atoms with Crippen molar-refractivity contribution in [3.8, 4) is 0 Å². The number of hydrogen-bond acceptors (Lipinski definition) is 4. The summed E-state index contributed by atoms with van der Waals surface area (Å²) in [4.78, 5) is 6.14. The van der Waals surface area contributed by atoms with Gasteiger partial charge in [0, 0.05) is 44.3 Å². The Balaban J connectivity index is 1.48. The molecule has 0 saturated carbocycles. The number of benzene rings is 2. The Morgan fingerprint density at radius 3 is 2.42 bits per heavy atom. The van der Waals surface area contributed by atoms with Crippen molar-refractivity contribution in [3.05, 3.63) is 70.9 Å². The van der Waals surface area contributed by atoms with Crippen molar-refractivity contribution in [3.63, 3.8) is 0 Å². The molecule has 3 aromatic rings. The van der Waals surface area contributed by atoms with Crippen LogP contribution in [0.25, 0.3) is 10.9 Å². The molecular weight excluding hydrogens is 451 g/mol. The van der Waals surface area contributed by atoms with E-state index >= 15 is 0 Å². The first-order valence-corrected chi connectivity index (χ1v) is 11.4. The lowest BCUT2D eigenvalue weighted by Gasteiger charge is -2.34. The maximum absolute atomic E-state index is 13.1. The van der Waals surface area contributed by atoms with E-state index in [0.29, 0.717) is 25.7 Å². The highest BCUT2D eigenvalue weighted by molar-refractivity contribution is 7.89. The molecule has 2 heterocycles. The van der Waals surface area contributed by atoms with Gasteiger partial charge in [0.05, 0.1) is 21.0 Å². The number of hydrogen-bond donors (Lipinski definition) is 0. The predicted octanol–water partition coefficient (Wildman–Crippen LogP) is 4.41. The molecule has 0 unspecified atom stereocenters. The molecule has 5 nitrogen and oxygen atoms in total. The van der Waals surface area contributed by atoms with E-state index in [1.54, 1.807) is 6.20 Å². The summed E-state index contributed by atoms with van der Waals surface area (Å²) in [5.41, 5.74) is 0.792. The van der Waals surface area contributed by atoms with Gasteiger partial charge in [0.2, 0.25) is 10.0 Å². The van der Waals surface area contributed by atoms with Crippen LogP contribution in [0, 0.1) is 0 Å². The molecule has 0 amide bonds. The van der Waals surface area contributed by atoms with Crippen molar-refractivity contribution in [2.24, 2.45) is 0 Å². The zero-order valence-corrected chi connectivity index (χ0v) is 17.9. The number of fused-ring (bicyclic) bond motifs is 1. The normalized spacial score (nSPS) is 16.6. The number of aromatic nitrogens is 1. The molecule has 4 rings (SSSR count). The van der Waals surface area contributed by atoms with Crippen LogP contribution in [-0.2, 0) is 22.7 Å². The monoisotopic (exact) mass is 469 g/mol. The summed E-state index contributed by atoms with van der Waals surface area (Å²) in [6, 6.07) is 12.5. The van der Waals surface area contributed by atoms with Crippen LogP contribution in [0.1, 0.15) is 11.1 Å². The molecule has 1 aliphatic rings. The van der Waals surface area contributed by atoms with Gasteiger partial charge >= 0.3 is 6.18 Å². The second-order valence-corrected chi connectivity index (χ2v) is 9.66. The summed E-state index contributed by atoms with van der Waals surface area (Å²) in [5, 5.41) is 0.504. The molecule has 2 aromatic carbocycles. The summed E-state index contributed by atoms with van der Waals surface area (Å²) < 4.78 is 66.4. The van der Waals surface area contributed by atoms with Gasteiger partial charge in [-0.2, -0.15) is 17.5 Å². The Labute approximate surface area is 183 Å². The first kappa shape index (κ1) is 22.0. The SMILES string of the molecule is O=S(=O)(c1ccc(Cl)c(C(F)(F)F)c1)N1CCN(Cc2cccc3cccnc23)CC1. The number of nitrogens with zero attached hydrogens (tertiary/aromatic N) is 3. The van der Waals surface area contributed by atoms with Crippen molar-refractivity contribution in [2.45, 2.75) is 17.6 Å². The molecule has 1 fully saturated rings. The molecule has 1 aliphatic heterocycles. The molecule has 10 heteroatoms. The first-order chi connectivity index (χ1) is 14.7. The van der Waals surface area contributed by atoms with Crippen molar-refractivity contribution >= 4 is 32.5 Å². The van der Waals surface area contributed by atoms with E-state index in [-0.39, 0.29) is 13.1 Å². The number of halogens is 4. The van der Waals surface area contributed by atoms with E-state index in [9.17, 15) is 21.6 Å². The van der Waals surface area contributed by atoms with Crippen LogP contribution < -0.4 is 0 Å². The third kappa shape index (κ3) is 4.55. The Hall–Kier alpha value is -2.20. The number of rotatable bonds is 4. The van der Waals surface area contributed by atoms with E-state index in [4.69, 9.17) is 11.6 Å². The zero-order chi connectivity index (χ0) is 22.2. The third-order valence-electron chi connectivity index (χ3n) is 5.32. The van der Waals surface area contributed by atoms with E-state index in [1.165, 1.54) is 4.31 Å². The highest BCUT2D eigenvalue weighted by atomic mass is 35.5. The van der Waals surface area contributed by atoms with Crippen LogP contribution in [0.3, 0.4) is 0 Å². The molecule has 0 spiro atoms. The number of sulfonamides is 1. The summed E-state index contributed by atoms with van der Waals surface area (Å²) in [7, 11) is -4.06. The lowest BCUT2D eigenvalue weighted by Crippen LogP contribution is -2.48. The molecule has 164 valence electrons. The van der Waals surface area contributed by atoms with Crippen LogP contribution in [-0.4, -0.2) is 48.8 Å². The average molecular weight is 470 g/mol. The molecule has 0 aliphatic carbocycles. The summed E-state index contributed by atoms with van der Waals surface area (Å²) >= 11 is 5.61. The predicted molar refractivity (Wildman–Crippen MR) is 112 cm³/mol. The highest BCUT2D eigenvalue weighted by Crippen LogP contribution is 2.36. The van der Waals surface area contributed by atoms with Crippen molar-refractivity contribution in [2.75, 3.05) is 26.2 Å². The molecule has 0 atom stereocenters. The van der Waals surface area contributed by atoms with Gasteiger partial charge in [0.25, 0.3) is 0 Å². The second kappa shape index (κ2) is 8.38. The molecular formula is C21H19ClF3N3O2S. The van der Waals surface area contributed by atoms with Crippen molar-refractivity contribution in [1.82, 2.24) is 14.2 Å². The Morgan fingerprint density at radius 2 is 1.71 bits per heavy atom. The standard InChI is InChI=1S/C21H19ClF3N3O2S/c22-19-7-6-17(13-18(19)21(23,24)25)31(29,30)28-11-9-27(10-12-28)14-16-4-1-3-15-5-2-8-26-20(15)16/h1-8,13H,9-12,14H2. The van der Waals surface area contributed by atoms with Gasteiger partial charge in [0.1, 0.15) is 0 Å². The topological polar surface area (TPSA) is 53.5 Å². The van der Waals surface area contributed by atoms with Crippen LogP contribution in [0.15, 0.2) is 59.6 Å². The van der Waals surface area contributed by atoms with Crippen LogP contribution >= 0.6 is 11.6 Å². The van der Waals surface area contributed by atoms with E-state index in [2.05, 4.69) is 9.88 Å². The molecule has 1 saturated heterocycles. The van der Waals surface area contributed by atoms with Gasteiger partial charge in [-0.15, -0.1) is 0 Å². The fourth-order valence-corrected chi connectivity index (χ4v) is 5.37. The highest BCUT2D eigenvalue weighted by Gasteiger charge is 2.36. The van der Waals surface area contributed by atoms with E-state index in [1.807, 2.05) is 30.3 Å². The van der Waals surface area contributed by atoms with Crippen molar-refractivity contribution in [1.29, 1.82) is 0 Å². The maximum Gasteiger partial charge on any atom is 0.417 e. The van der Waals surface area contributed by atoms with Crippen LogP contribution in [0.4, 0.5) is 13.2 Å². The lowest BCUT2D eigenvalue weighted by molar-refractivity contribution is -0.137. The molecule has 1 aromatic heterocycles. The minimum atomic E-state index is -4.73. The van der Waals surface area contributed by atoms with Gasteiger partial charge in [-0.1, -0.05) is 35.9 Å².